The third kappa shape index (κ3) is 2.84. The summed E-state index contributed by atoms with van der Waals surface area (Å²) in [5.41, 5.74) is -0.976. The van der Waals surface area contributed by atoms with Gasteiger partial charge in [0.25, 0.3) is 0 Å². The molecule has 0 fully saturated rings. The minimum atomic E-state index is -5.71. The van der Waals surface area contributed by atoms with Crippen molar-refractivity contribution in [2.45, 2.75) is 12.1 Å². The van der Waals surface area contributed by atoms with Crippen molar-refractivity contribution >= 4 is 12.0 Å². The minimum absolute atomic E-state index is 0.0317. The topological polar surface area (TPSA) is 46.9 Å². The highest BCUT2D eigenvalue weighted by molar-refractivity contribution is 5.42. The SMILES string of the molecule is CNc1ccnc(=O)n1/C=C/C(F)(F)C(F)(F)F. The number of nitrogens with zero attached hydrogens (tertiary/aromatic N) is 2. The summed E-state index contributed by atoms with van der Waals surface area (Å²) in [7, 11) is 1.38. The molecule has 18 heavy (non-hydrogen) atoms. The fraction of sp³-hybridized carbons (Fsp3) is 0.333. The quantitative estimate of drug-likeness (QED) is 0.853. The predicted molar refractivity (Wildman–Crippen MR) is 54.4 cm³/mol. The fourth-order valence-corrected chi connectivity index (χ4v) is 1.03. The van der Waals surface area contributed by atoms with Gasteiger partial charge in [0.15, 0.2) is 0 Å². The summed E-state index contributed by atoms with van der Waals surface area (Å²) in [6, 6.07) is 1.25. The molecule has 0 aliphatic rings. The number of rotatable bonds is 3. The second kappa shape index (κ2) is 4.75. The molecule has 0 bridgehead atoms. The summed E-state index contributed by atoms with van der Waals surface area (Å²) in [6.07, 6.45) is -4.69. The van der Waals surface area contributed by atoms with Gasteiger partial charge in [0, 0.05) is 25.5 Å². The Morgan fingerprint density at radius 2 is 1.94 bits per heavy atom. The van der Waals surface area contributed by atoms with Crippen LogP contribution in [0.1, 0.15) is 0 Å². The van der Waals surface area contributed by atoms with Crippen LogP contribution in [0.15, 0.2) is 23.1 Å². The first-order valence-electron chi connectivity index (χ1n) is 4.58. The van der Waals surface area contributed by atoms with Crippen LogP contribution in [0.3, 0.4) is 0 Å². The second-order valence-corrected chi connectivity index (χ2v) is 3.17. The minimum Gasteiger partial charge on any atom is -0.374 e. The molecule has 1 aromatic heterocycles. The van der Waals surface area contributed by atoms with Crippen molar-refractivity contribution in [1.82, 2.24) is 9.55 Å². The van der Waals surface area contributed by atoms with Gasteiger partial charge in [0.05, 0.1) is 0 Å². The Morgan fingerprint density at radius 3 is 2.44 bits per heavy atom. The van der Waals surface area contributed by atoms with E-state index in [1.54, 1.807) is 0 Å². The number of hydrogen-bond donors (Lipinski definition) is 1. The molecule has 1 aromatic rings. The Morgan fingerprint density at radius 1 is 1.33 bits per heavy atom. The number of halogens is 5. The summed E-state index contributed by atoms with van der Waals surface area (Å²) in [5.74, 6) is -4.99. The van der Waals surface area contributed by atoms with Crippen LogP contribution in [0.2, 0.25) is 0 Å². The van der Waals surface area contributed by atoms with Gasteiger partial charge in [-0.1, -0.05) is 0 Å². The lowest BCUT2D eigenvalue weighted by Gasteiger charge is -2.15. The summed E-state index contributed by atoms with van der Waals surface area (Å²) in [5, 5.41) is 2.46. The van der Waals surface area contributed by atoms with Crippen LogP contribution in [0.25, 0.3) is 6.20 Å². The van der Waals surface area contributed by atoms with E-state index in [9.17, 15) is 26.7 Å². The molecule has 1 N–H and O–H groups in total. The van der Waals surface area contributed by atoms with E-state index >= 15 is 0 Å². The zero-order valence-electron chi connectivity index (χ0n) is 9.00. The van der Waals surface area contributed by atoms with Gasteiger partial charge < -0.3 is 5.32 Å². The van der Waals surface area contributed by atoms with E-state index < -0.39 is 23.9 Å². The smallest absolute Gasteiger partial charge is 0.374 e. The molecule has 0 aliphatic heterocycles. The number of hydrogen-bond acceptors (Lipinski definition) is 3. The molecule has 0 saturated heterocycles. The lowest BCUT2D eigenvalue weighted by molar-refractivity contribution is -0.259. The number of anilines is 1. The molecule has 9 heteroatoms. The average molecular weight is 269 g/mol. The van der Waals surface area contributed by atoms with Gasteiger partial charge in [-0.15, -0.1) is 0 Å². The van der Waals surface area contributed by atoms with E-state index in [0.717, 1.165) is 6.20 Å². The molecule has 100 valence electrons. The summed E-state index contributed by atoms with van der Waals surface area (Å²) in [6.45, 7) is 0. The van der Waals surface area contributed by atoms with Gasteiger partial charge in [-0.2, -0.15) is 22.0 Å². The molecule has 1 heterocycles. The molecule has 0 amide bonds. The van der Waals surface area contributed by atoms with E-state index in [2.05, 4.69) is 10.3 Å². The van der Waals surface area contributed by atoms with Crippen LogP contribution < -0.4 is 11.0 Å². The summed E-state index contributed by atoms with van der Waals surface area (Å²) < 4.78 is 61.5. The second-order valence-electron chi connectivity index (χ2n) is 3.17. The number of aromatic nitrogens is 2. The van der Waals surface area contributed by atoms with Crippen LogP contribution in [0, 0.1) is 0 Å². The van der Waals surface area contributed by atoms with Crippen LogP contribution in [0.4, 0.5) is 27.8 Å². The largest absolute Gasteiger partial charge is 0.457 e. The molecular formula is C9H8F5N3O. The van der Waals surface area contributed by atoms with Gasteiger partial charge in [0.2, 0.25) is 0 Å². The van der Waals surface area contributed by atoms with Gasteiger partial charge in [-0.25, -0.2) is 9.78 Å². The molecule has 4 nitrogen and oxygen atoms in total. The maximum absolute atomic E-state index is 12.6. The Bertz CT molecular complexity index is 506. The van der Waals surface area contributed by atoms with Gasteiger partial charge in [-0.05, 0) is 6.07 Å². The molecule has 0 atom stereocenters. The van der Waals surface area contributed by atoms with E-state index in [1.165, 1.54) is 13.1 Å². The lowest BCUT2D eigenvalue weighted by Crippen LogP contribution is -2.34. The Hall–Kier alpha value is -1.93. The summed E-state index contributed by atoms with van der Waals surface area (Å²) >= 11 is 0. The molecule has 1 rings (SSSR count). The molecular weight excluding hydrogens is 261 g/mol. The van der Waals surface area contributed by atoms with Crippen molar-refractivity contribution in [2.75, 3.05) is 12.4 Å². The fourth-order valence-electron chi connectivity index (χ4n) is 1.03. The first-order valence-corrected chi connectivity index (χ1v) is 4.58. The summed E-state index contributed by atoms with van der Waals surface area (Å²) in [4.78, 5) is 14.4. The standard InChI is InChI=1S/C9H8F5N3O/c1-15-6-2-4-16-7(18)17(6)5-3-8(10,11)9(12,13)14/h2-5,15H,1H3/b5-3+. The molecule has 0 radical (unpaired) electrons. The third-order valence-electron chi connectivity index (χ3n) is 1.95. The zero-order valence-corrected chi connectivity index (χ0v) is 9.00. The van der Waals surface area contributed by atoms with E-state index in [0.29, 0.717) is 10.8 Å². The maximum atomic E-state index is 12.6. The Kier molecular flexibility index (Phi) is 3.73. The van der Waals surface area contributed by atoms with E-state index in [-0.39, 0.29) is 5.82 Å². The van der Waals surface area contributed by atoms with E-state index in [1.807, 2.05) is 0 Å². The molecule has 0 aromatic carbocycles. The van der Waals surface area contributed by atoms with Crippen LogP contribution in [0.5, 0.6) is 0 Å². The van der Waals surface area contributed by atoms with Crippen molar-refractivity contribution in [1.29, 1.82) is 0 Å². The van der Waals surface area contributed by atoms with Crippen molar-refractivity contribution in [2.24, 2.45) is 0 Å². The van der Waals surface area contributed by atoms with Gasteiger partial charge in [-0.3, -0.25) is 4.57 Å². The Balaban J connectivity index is 3.16. The van der Waals surface area contributed by atoms with Crippen molar-refractivity contribution in [3.63, 3.8) is 0 Å². The number of allylic oxidation sites excluding steroid dienone is 1. The zero-order chi connectivity index (χ0) is 14.0. The highest BCUT2D eigenvalue weighted by Gasteiger charge is 2.55. The third-order valence-corrected chi connectivity index (χ3v) is 1.95. The normalized spacial score (nSPS) is 13.0. The predicted octanol–water partition coefficient (Wildman–Crippen LogP) is 1.95. The first-order chi connectivity index (χ1) is 8.19. The lowest BCUT2D eigenvalue weighted by atomic mass is 10.3. The Labute approximate surface area is 97.8 Å². The number of nitrogens with one attached hydrogen (secondary N) is 1. The van der Waals surface area contributed by atoms with Gasteiger partial charge in [0.1, 0.15) is 5.82 Å². The monoisotopic (exact) mass is 269 g/mol. The molecule has 0 aliphatic carbocycles. The van der Waals surface area contributed by atoms with Crippen molar-refractivity contribution in [3.8, 4) is 0 Å². The van der Waals surface area contributed by atoms with Crippen molar-refractivity contribution in [3.05, 3.63) is 28.8 Å². The average Bonchev–Trinajstić information content (AvgIpc) is 2.25. The highest BCUT2D eigenvalue weighted by Crippen LogP contribution is 2.36. The molecule has 0 spiro atoms. The van der Waals surface area contributed by atoms with E-state index in [4.69, 9.17) is 0 Å². The van der Waals surface area contributed by atoms with Crippen LogP contribution >= 0.6 is 0 Å². The first kappa shape index (κ1) is 14.1. The molecule has 0 saturated carbocycles. The van der Waals surface area contributed by atoms with Crippen molar-refractivity contribution < 1.29 is 22.0 Å². The molecule has 0 unspecified atom stereocenters. The maximum Gasteiger partial charge on any atom is 0.457 e. The van der Waals surface area contributed by atoms with Gasteiger partial charge >= 0.3 is 17.8 Å². The number of alkyl halides is 5. The van der Waals surface area contributed by atoms with Crippen LogP contribution in [-0.4, -0.2) is 28.7 Å². The highest BCUT2D eigenvalue weighted by atomic mass is 19.4. The van der Waals surface area contributed by atoms with Crippen LogP contribution in [-0.2, 0) is 0 Å².